The van der Waals surface area contributed by atoms with Gasteiger partial charge in [-0.2, -0.15) is 5.26 Å². The first-order valence-corrected chi connectivity index (χ1v) is 9.53. The van der Waals surface area contributed by atoms with Crippen molar-refractivity contribution in [2.45, 2.75) is 25.3 Å². The van der Waals surface area contributed by atoms with Crippen molar-refractivity contribution in [1.82, 2.24) is 20.2 Å². The van der Waals surface area contributed by atoms with Gasteiger partial charge in [0.15, 0.2) is 0 Å². The minimum absolute atomic E-state index is 0.00739. The Morgan fingerprint density at radius 1 is 1.15 bits per heavy atom. The first kappa shape index (κ1) is 17.7. The summed E-state index contributed by atoms with van der Waals surface area (Å²) < 4.78 is 0. The van der Waals surface area contributed by atoms with Crippen LogP contribution in [-0.2, 0) is 4.79 Å². The highest BCUT2D eigenvalue weighted by atomic mass is 16.2. The summed E-state index contributed by atoms with van der Waals surface area (Å²) in [5.74, 6) is 0.156. The van der Waals surface area contributed by atoms with Gasteiger partial charge >= 0.3 is 0 Å². The number of nitrogens with one attached hydrogen (secondary N) is 1. The number of piperidine rings is 1. The molecule has 1 amide bonds. The zero-order chi connectivity index (χ0) is 18.8. The van der Waals surface area contributed by atoms with E-state index < -0.39 is 0 Å². The van der Waals surface area contributed by atoms with Crippen LogP contribution in [0.5, 0.6) is 0 Å². The second kappa shape index (κ2) is 7.49. The van der Waals surface area contributed by atoms with E-state index in [9.17, 15) is 10.1 Å². The zero-order valence-electron chi connectivity index (χ0n) is 15.6. The summed E-state index contributed by atoms with van der Waals surface area (Å²) >= 11 is 0. The topological polar surface area (TPSA) is 85.2 Å². The van der Waals surface area contributed by atoms with Gasteiger partial charge in [-0.25, -0.2) is 0 Å². The van der Waals surface area contributed by atoms with Gasteiger partial charge < -0.3 is 15.1 Å². The molecule has 140 valence electrons. The van der Waals surface area contributed by atoms with Crippen molar-refractivity contribution >= 4 is 22.6 Å². The highest BCUT2D eigenvalue weighted by Gasteiger charge is 2.31. The molecular weight excluding hydrogens is 340 g/mol. The maximum absolute atomic E-state index is 12.7. The van der Waals surface area contributed by atoms with E-state index in [4.69, 9.17) is 0 Å². The summed E-state index contributed by atoms with van der Waals surface area (Å²) in [5.41, 5.74) is 2.83. The molecule has 1 atom stereocenters. The van der Waals surface area contributed by atoms with Gasteiger partial charge in [0, 0.05) is 31.5 Å². The van der Waals surface area contributed by atoms with Crippen molar-refractivity contribution < 1.29 is 4.79 Å². The summed E-state index contributed by atoms with van der Waals surface area (Å²) in [7, 11) is 2.12. The Morgan fingerprint density at radius 2 is 1.89 bits per heavy atom. The number of carbonyl (C=O) groups excluding carboxylic acids is 1. The summed E-state index contributed by atoms with van der Waals surface area (Å²) in [6, 6.07) is 6.18. The summed E-state index contributed by atoms with van der Waals surface area (Å²) in [6.45, 7) is 3.56. The smallest absolute Gasteiger partial charge is 0.225 e. The van der Waals surface area contributed by atoms with Crippen LogP contribution in [0.1, 0.15) is 24.8 Å². The number of nitrogens with zero attached hydrogens (tertiary/aromatic N) is 5. The number of hydrogen-bond acceptors (Lipinski definition) is 6. The number of aromatic nitrogens is 2. The number of rotatable bonds is 3. The molecule has 1 unspecified atom stereocenters. The molecule has 7 nitrogen and oxygen atoms in total. The van der Waals surface area contributed by atoms with E-state index in [1.165, 1.54) is 0 Å². The van der Waals surface area contributed by atoms with Crippen molar-refractivity contribution in [2.24, 2.45) is 5.92 Å². The molecule has 2 aliphatic heterocycles. The molecule has 0 bridgehead atoms. The maximum atomic E-state index is 12.7. The molecule has 4 rings (SSSR count). The monoisotopic (exact) mass is 364 g/mol. The fourth-order valence-electron chi connectivity index (χ4n) is 4.05. The average Bonchev–Trinajstić information content (AvgIpc) is 3.19. The Labute approximate surface area is 159 Å². The number of benzene rings is 1. The maximum Gasteiger partial charge on any atom is 0.225 e. The molecule has 1 aromatic carbocycles. The Kier molecular flexibility index (Phi) is 4.90. The van der Waals surface area contributed by atoms with Gasteiger partial charge in [0.05, 0.1) is 17.2 Å². The van der Waals surface area contributed by atoms with Crippen LogP contribution in [0.3, 0.4) is 0 Å². The van der Waals surface area contributed by atoms with Crippen LogP contribution < -0.4 is 10.2 Å². The van der Waals surface area contributed by atoms with E-state index in [1.807, 2.05) is 6.07 Å². The molecule has 7 heteroatoms. The van der Waals surface area contributed by atoms with E-state index in [0.29, 0.717) is 23.7 Å². The van der Waals surface area contributed by atoms with Gasteiger partial charge in [0.1, 0.15) is 17.1 Å². The van der Waals surface area contributed by atoms with Crippen LogP contribution in [0.4, 0.5) is 5.69 Å². The third-order valence-corrected chi connectivity index (χ3v) is 5.69. The number of anilines is 1. The Balaban J connectivity index is 1.46. The van der Waals surface area contributed by atoms with E-state index >= 15 is 0 Å². The second-order valence-electron chi connectivity index (χ2n) is 7.52. The third-order valence-electron chi connectivity index (χ3n) is 5.69. The Bertz CT molecular complexity index is 884. The van der Waals surface area contributed by atoms with Crippen LogP contribution in [0.2, 0.25) is 0 Å². The van der Waals surface area contributed by atoms with Crippen LogP contribution in [-0.4, -0.2) is 60.0 Å². The first-order valence-electron chi connectivity index (χ1n) is 9.53. The summed E-state index contributed by atoms with van der Waals surface area (Å²) in [4.78, 5) is 26.0. The van der Waals surface area contributed by atoms with Gasteiger partial charge in [-0.15, -0.1) is 0 Å². The predicted molar refractivity (Wildman–Crippen MR) is 103 cm³/mol. The average molecular weight is 364 g/mol. The number of likely N-dealkylation sites (tertiary alicyclic amines) is 1. The largest absolute Gasteiger partial charge is 0.369 e. The molecule has 1 N–H and O–H groups in total. The quantitative estimate of drug-likeness (QED) is 0.889. The van der Waals surface area contributed by atoms with Crippen molar-refractivity contribution in [1.29, 1.82) is 5.26 Å². The first-order chi connectivity index (χ1) is 13.2. The third kappa shape index (κ3) is 3.58. The standard InChI is InChI=1S/C20H24N6O/c1-25-9-5-16(6-10-25)24-20(27)15-4-11-26(13-15)17-3-2-14(12-21)18-19(17)23-8-7-22-18/h2-3,7-8,15-16H,4-6,9-11,13H2,1H3,(H,24,27). The Hall–Kier alpha value is -2.72. The van der Waals surface area contributed by atoms with Crippen molar-refractivity contribution in [3.63, 3.8) is 0 Å². The lowest BCUT2D eigenvalue weighted by Crippen LogP contribution is -2.45. The molecule has 0 spiro atoms. The number of amides is 1. The lowest BCUT2D eigenvalue weighted by molar-refractivity contribution is -0.125. The molecule has 2 fully saturated rings. The van der Waals surface area contributed by atoms with Crippen LogP contribution >= 0.6 is 0 Å². The number of hydrogen-bond donors (Lipinski definition) is 1. The minimum atomic E-state index is -0.00739. The molecule has 0 saturated carbocycles. The summed E-state index contributed by atoms with van der Waals surface area (Å²) in [5, 5.41) is 12.5. The molecule has 3 heterocycles. The second-order valence-corrected chi connectivity index (χ2v) is 7.52. The van der Waals surface area contributed by atoms with Gasteiger partial charge in [0.25, 0.3) is 0 Å². The minimum Gasteiger partial charge on any atom is -0.369 e. The van der Waals surface area contributed by atoms with Crippen molar-refractivity contribution in [3.05, 3.63) is 30.1 Å². The van der Waals surface area contributed by atoms with Gasteiger partial charge in [-0.1, -0.05) is 0 Å². The highest BCUT2D eigenvalue weighted by molar-refractivity contribution is 5.92. The van der Waals surface area contributed by atoms with Gasteiger partial charge in [0.2, 0.25) is 5.91 Å². The normalized spacial score (nSPS) is 21.3. The van der Waals surface area contributed by atoms with Gasteiger partial charge in [-0.05, 0) is 51.5 Å². The number of carbonyl (C=O) groups is 1. The molecule has 2 saturated heterocycles. The lowest BCUT2D eigenvalue weighted by atomic mass is 10.0. The molecular formula is C20H24N6O. The van der Waals surface area contributed by atoms with Crippen LogP contribution in [0, 0.1) is 17.2 Å². The fraction of sp³-hybridized carbons (Fsp3) is 0.500. The Morgan fingerprint density at radius 3 is 2.63 bits per heavy atom. The number of fused-ring (bicyclic) bond motifs is 1. The number of nitriles is 1. The molecule has 2 aliphatic rings. The summed E-state index contributed by atoms with van der Waals surface area (Å²) in [6.07, 6.45) is 6.13. The van der Waals surface area contributed by atoms with Gasteiger partial charge in [-0.3, -0.25) is 14.8 Å². The molecule has 27 heavy (non-hydrogen) atoms. The van der Waals surface area contributed by atoms with Crippen LogP contribution in [0.25, 0.3) is 11.0 Å². The SMILES string of the molecule is CN1CCC(NC(=O)C2CCN(c3ccc(C#N)c4nccnc34)C2)CC1. The zero-order valence-corrected chi connectivity index (χ0v) is 15.6. The predicted octanol–water partition coefficient (Wildman–Crippen LogP) is 1.54. The molecule has 1 aromatic heterocycles. The lowest BCUT2D eigenvalue weighted by Gasteiger charge is -2.30. The van der Waals surface area contributed by atoms with Crippen LogP contribution in [0.15, 0.2) is 24.5 Å². The van der Waals surface area contributed by atoms with E-state index in [-0.39, 0.29) is 11.8 Å². The molecule has 0 radical (unpaired) electrons. The highest BCUT2D eigenvalue weighted by Crippen LogP contribution is 2.30. The fourth-order valence-corrected chi connectivity index (χ4v) is 4.05. The van der Waals surface area contributed by atoms with Crippen molar-refractivity contribution in [3.8, 4) is 6.07 Å². The van der Waals surface area contributed by atoms with E-state index in [2.05, 4.69) is 38.2 Å². The molecule has 2 aromatic rings. The van der Waals surface area contributed by atoms with E-state index in [1.54, 1.807) is 18.5 Å². The van der Waals surface area contributed by atoms with Crippen molar-refractivity contribution in [2.75, 3.05) is 38.1 Å². The van der Waals surface area contributed by atoms with E-state index in [0.717, 1.165) is 50.1 Å². The molecule has 0 aliphatic carbocycles.